The van der Waals surface area contributed by atoms with Gasteiger partial charge in [0, 0.05) is 12.2 Å². The van der Waals surface area contributed by atoms with Crippen molar-refractivity contribution in [3.05, 3.63) is 60.2 Å². The van der Waals surface area contributed by atoms with Crippen LogP contribution in [0.4, 0.5) is 10.5 Å². The molecule has 3 N–H and O–H groups in total. The Balaban J connectivity index is 1.77. The van der Waals surface area contributed by atoms with E-state index in [9.17, 15) is 9.59 Å². The van der Waals surface area contributed by atoms with E-state index in [2.05, 4.69) is 16.0 Å². The number of amides is 3. The molecule has 0 radical (unpaired) electrons. The highest BCUT2D eigenvalue weighted by atomic mass is 16.5. The Morgan fingerprint density at radius 2 is 1.71 bits per heavy atom. The molecular weight excluding hydrogens is 306 g/mol. The fourth-order valence-corrected chi connectivity index (χ4v) is 2.04. The van der Waals surface area contributed by atoms with Gasteiger partial charge in [-0.25, -0.2) is 4.79 Å². The second kappa shape index (κ2) is 8.57. The van der Waals surface area contributed by atoms with Crippen LogP contribution in [-0.4, -0.2) is 25.1 Å². The summed E-state index contributed by atoms with van der Waals surface area (Å²) in [7, 11) is 1.60. The minimum absolute atomic E-state index is 0.256. The molecule has 2 rings (SSSR count). The maximum Gasteiger partial charge on any atom is 0.319 e. The fraction of sp³-hybridized carbons (Fsp3) is 0.222. The van der Waals surface area contributed by atoms with E-state index >= 15 is 0 Å². The number of carbonyl (C=O) groups is 2. The lowest BCUT2D eigenvalue weighted by Crippen LogP contribution is -2.46. The van der Waals surface area contributed by atoms with Crippen LogP contribution in [0, 0.1) is 0 Å². The number of ether oxygens (including phenoxy) is 1. The van der Waals surface area contributed by atoms with Crippen molar-refractivity contribution in [3.63, 3.8) is 0 Å². The minimum atomic E-state index is -0.646. The normalized spacial score (nSPS) is 11.2. The van der Waals surface area contributed by atoms with Gasteiger partial charge in [0.1, 0.15) is 11.8 Å². The molecule has 0 spiro atoms. The van der Waals surface area contributed by atoms with Crippen molar-refractivity contribution in [2.45, 2.75) is 19.5 Å². The third-order valence-electron chi connectivity index (χ3n) is 3.40. The van der Waals surface area contributed by atoms with E-state index in [4.69, 9.17) is 4.74 Å². The number of urea groups is 1. The minimum Gasteiger partial charge on any atom is -0.497 e. The van der Waals surface area contributed by atoms with Gasteiger partial charge in [-0.05, 0) is 36.8 Å². The number of benzene rings is 2. The molecule has 0 saturated heterocycles. The SMILES string of the molecule is COc1ccc(CNC(=O)C(C)NC(=O)Nc2ccccc2)cc1. The number of methoxy groups -OCH3 is 1. The molecule has 2 aromatic carbocycles. The average molecular weight is 327 g/mol. The predicted molar refractivity (Wildman–Crippen MR) is 92.9 cm³/mol. The second-order valence-electron chi connectivity index (χ2n) is 5.25. The molecule has 24 heavy (non-hydrogen) atoms. The summed E-state index contributed by atoms with van der Waals surface area (Å²) in [6, 6.07) is 15.4. The predicted octanol–water partition coefficient (Wildman–Crippen LogP) is 2.52. The Kier molecular flexibility index (Phi) is 6.19. The third kappa shape index (κ3) is 5.31. The number of anilines is 1. The van der Waals surface area contributed by atoms with E-state index in [1.165, 1.54) is 0 Å². The van der Waals surface area contributed by atoms with Crippen molar-refractivity contribution in [1.82, 2.24) is 10.6 Å². The Labute approximate surface area is 141 Å². The van der Waals surface area contributed by atoms with Gasteiger partial charge in [-0.3, -0.25) is 4.79 Å². The zero-order chi connectivity index (χ0) is 17.4. The standard InChI is InChI=1S/C18H21N3O3/c1-13(20-18(23)21-15-6-4-3-5-7-15)17(22)19-12-14-8-10-16(24-2)11-9-14/h3-11,13H,12H2,1-2H3,(H,19,22)(H2,20,21,23). The van der Waals surface area contributed by atoms with Crippen LogP contribution < -0.4 is 20.7 Å². The fourth-order valence-electron chi connectivity index (χ4n) is 2.04. The maximum atomic E-state index is 12.0. The quantitative estimate of drug-likeness (QED) is 0.763. The van der Waals surface area contributed by atoms with E-state index in [0.717, 1.165) is 11.3 Å². The lowest BCUT2D eigenvalue weighted by Gasteiger charge is -2.15. The van der Waals surface area contributed by atoms with Crippen molar-refractivity contribution < 1.29 is 14.3 Å². The molecule has 0 aliphatic rings. The number of rotatable bonds is 6. The van der Waals surface area contributed by atoms with Crippen LogP contribution in [-0.2, 0) is 11.3 Å². The highest BCUT2D eigenvalue weighted by molar-refractivity contribution is 5.93. The molecule has 2 aromatic rings. The smallest absolute Gasteiger partial charge is 0.319 e. The molecule has 0 aliphatic carbocycles. The monoisotopic (exact) mass is 327 g/mol. The van der Waals surface area contributed by atoms with Gasteiger partial charge in [-0.1, -0.05) is 30.3 Å². The zero-order valence-electron chi connectivity index (χ0n) is 13.7. The topological polar surface area (TPSA) is 79.5 Å². The van der Waals surface area contributed by atoms with Crippen molar-refractivity contribution in [2.75, 3.05) is 12.4 Å². The number of carbonyl (C=O) groups excluding carboxylic acids is 2. The summed E-state index contributed by atoms with van der Waals surface area (Å²) in [5, 5.41) is 8.05. The van der Waals surface area contributed by atoms with E-state index < -0.39 is 12.1 Å². The summed E-state index contributed by atoms with van der Waals surface area (Å²) < 4.78 is 5.08. The van der Waals surface area contributed by atoms with Gasteiger partial charge in [0.2, 0.25) is 5.91 Å². The van der Waals surface area contributed by atoms with Crippen molar-refractivity contribution in [3.8, 4) is 5.75 Å². The molecule has 1 unspecified atom stereocenters. The molecule has 0 heterocycles. The first-order valence-electron chi connectivity index (χ1n) is 7.61. The molecule has 0 aliphatic heterocycles. The zero-order valence-corrected chi connectivity index (χ0v) is 13.7. The highest BCUT2D eigenvalue weighted by Gasteiger charge is 2.15. The highest BCUT2D eigenvalue weighted by Crippen LogP contribution is 2.11. The van der Waals surface area contributed by atoms with Crippen LogP contribution in [0.15, 0.2) is 54.6 Å². The number of para-hydroxylation sites is 1. The molecule has 0 fully saturated rings. The van der Waals surface area contributed by atoms with Crippen molar-refractivity contribution in [2.24, 2.45) is 0 Å². The number of hydrogen-bond donors (Lipinski definition) is 3. The summed E-state index contributed by atoms with van der Waals surface area (Å²) >= 11 is 0. The van der Waals surface area contributed by atoms with E-state index in [1.807, 2.05) is 42.5 Å². The molecule has 6 heteroatoms. The Morgan fingerprint density at radius 1 is 1.04 bits per heavy atom. The van der Waals surface area contributed by atoms with Crippen LogP contribution in [0.5, 0.6) is 5.75 Å². The summed E-state index contributed by atoms with van der Waals surface area (Å²) in [5.74, 6) is 0.506. The molecule has 126 valence electrons. The van der Waals surface area contributed by atoms with E-state index in [0.29, 0.717) is 12.2 Å². The lowest BCUT2D eigenvalue weighted by molar-refractivity contribution is -0.122. The van der Waals surface area contributed by atoms with Gasteiger partial charge in [0.25, 0.3) is 0 Å². The first kappa shape index (κ1) is 17.3. The van der Waals surface area contributed by atoms with Gasteiger partial charge < -0.3 is 20.7 Å². The lowest BCUT2D eigenvalue weighted by atomic mass is 10.2. The van der Waals surface area contributed by atoms with Crippen molar-refractivity contribution in [1.29, 1.82) is 0 Å². The second-order valence-corrected chi connectivity index (χ2v) is 5.25. The molecule has 0 aromatic heterocycles. The van der Waals surface area contributed by atoms with Crippen molar-refractivity contribution >= 4 is 17.6 Å². The van der Waals surface area contributed by atoms with E-state index in [-0.39, 0.29) is 5.91 Å². The Bertz CT molecular complexity index is 672. The molecular formula is C18H21N3O3. The Morgan fingerprint density at radius 3 is 2.33 bits per heavy atom. The van der Waals surface area contributed by atoms with E-state index in [1.54, 1.807) is 26.2 Å². The molecule has 0 saturated carbocycles. The van der Waals surface area contributed by atoms with Crippen LogP contribution in [0.25, 0.3) is 0 Å². The van der Waals surface area contributed by atoms with Gasteiger partial charge in [-0.15, -0.1) is 0 Å². The summed E-state index contributed by atoms with van der Waals surface area (Å²) in [6.07, 6.45) is 0. The largest absolute Gasteiger partial charge is 0.497 e. The van der Waals surface area contributed by atoms with Gasteiger partial charge in [0.05, 0.1) is 7.11 Å². The summed E-state index contributed by atoms with van der Waals surface area (Å²) in [5.41, 5.74) is 1.62. The molecule has 3 amide bonds. The van der Waals surface area contributed by atoms with Crippen LogP contribution in [0.1, 0.15) is 12.5 Å². The Hall–Kier alpha value is -3.02. The van der Waals surface area contributed by atoms with Crippen LogP contribution in [0.3, 0.4) is 0 Å². The molecule has 1 atom stereocenters. The van der Waals surface area contributed by atoms with Crippen LogP contribution >= 0.6 is 0 Å². The maximum absolute atomic E-state index is 12.0. The average Bonchev–Trinajstić information content (AvgIpc) is 2.60. The van der Waals surface area contributed by atoms with Gasteiger partial charge in [-0.2, -0.15) is 0 Å². The third-order valence-corrected chi connectivity index (χ3v) is 3.40. The van der Waals surface area contributed by atoms with Crippen LogP contribution in [0.2, 0.25) is 0 Å². The van der Waals surface area contributed by atoms with Gasteiger partial charge >= 0.3 is 6.03 Å². The number of hydrogen-bond acceptors (Lipinski definition) is 3. The van der Waals surface area contributed by atoms with Gasteiger partial charge in [0.15, 0.2) is 0 Å². The summed E-state index contributed by atoms with van der Waals surface area (Å²) in [6.45, 7) is 2.02. The summed E-state index contributed by atoms with van der Waals surface area (Å²) in [4.78, 5) is 23.9. The number of nitrogens with one attached hydrogen (secondary N) is 3. The first-order valence-corrected chi connectivity index (χ1v) is 7.61. The molecule has 6 nitrogen and oxygen atoms in total. The molecule has 0 bridgehead atoms. The first-order chi connectivity index (χ1) is 11.6.